The lowest BCUT2D eigenvalue weighted by Crippen LogP contribution is -2.05. The molecule has 0 aromatic heterocycles. The van der Waals surface area contributed by atoms with Crippen molar-refractivity contribution in [3.8, 4) is 0 Å². The second kappa shape index (κ2) is 13.4. The first-order chi connectivity index (χ1) is 13.9. The quantitative estimate of drug-likeness (QED) is 0.267. The fourth-order valence-corrected chi connectivity index (χ4v) is 5.72. The Bertz CT molecular complexity index is 553. The predicted molar refractivity (Wildman–Crippen MR) is 127 cm³/mol. The molecular weight excluding hydrogens is 396 g/mol. The van der Waals surface area contributed by atoms with Gasteiger partial charge in [0.25, 0.3) is 10.1 Å². The van der Waals surface area contributed by atoms with Gasteiger partial charge in [0.1, 0.15) is 0 Å². The predicted octanol–water partition coefficient (Wildman–Crippen LogP) is 6.71. The summed E-state index contributed by atoms with van der Waals surface area (Å²) in [5.41, 5.74) is 1.16. The second-order valence-corrected chi connectivity index (χ2v) is 13.1. The molecule has 0 heterocycles. The van der Waals surface area contributed by atoms with Gasteiger partial charge in [-0.15, -0.1) is 0 Å². The Kier molecular flexibility index (Phi) is 12.5. The van der Waals surface area contributed by atoms with Gasteiger partial charge in [0.05, 0.1) is 12.9 Å². The third-order valence-corrected chi connectivity index (χ3v) is 7.56. The molecule has 2 saturated carbocycles. The average Bonchev–Trinajstić information content (AvgIpc) is 3.15. The zero-order valence-corrected chi connectivity index (χ0v) is 21.4. The Hall–Kier alpha value is -0.130. The zero-order chi connectivity index (χ0) is 22.7. The van der Waals surface area contributed by atoms with Gasteiger partial charge in [-0.25, -0.2) is 0 Å². The van der Waals surface area contributed by atoms with Crippen LogP contribution in [-0.4, -0.2) is 33.0 Å². The van der Waals surface area contributed by atoms with Gasteiger partial charge in [-0.3, -0.25) is 4.18 Å². The number of unbranched alkanes of at least 4 members (excludes halogenated alkanes) is 4. The van der Waals surface area contributed by atoms with Gasteiger partial charge in [-0.05, 0) is 74.0 Å². The number of aliphatic hydroxyl groups is 1. The Morgan fingerprint density at radius 3 is 1.63 bits per heavy atom. The summed E-state index contributed by atoms with van der Waals surface area (Å²) in [4.78, 5) is 0. The Labute approximate surface area is 187 Å². The second-order valence-electron chi connectivity index (χ2n) is 11.5. The van der Waals surface area contributed by atoms with Gasteiger partial charge in [0, 0.05) is 6.61 Å². The fourth-order valence-electron chi connectivity index (χ4n) is 5.30. The van der Waals surface area contributed by atoms with Crippen molar-refractivity contribution >= 4 is 10.1 Å². The van der Waals surface area contributed by atoms with Crippen molar-refractivity contribution in [1.82, 2.24) is 0 Å². The highest BCUT2D eigenvalue weighted by Gasteiger charge is 2.30. The number of rotatable bonds is 12. The van der Waals surface area contributed by atoms with E-state index < -0.39 is 10.1 Å². The maximum atomic E-state index is 10.7. The molecule has 0 radical (unpaired) electrons. The number of hydrogen-bond donors (Lipinski definition) is 1. The summed E-state index contributed by atoms with van der Waals surface area (Å²) in [5, 5.41) is 8.64. The van der Waals surface area contributed by atoms with Gasteiger partial charge in [0.15, 0.2) is 0 Å². The zero-order valence-electron chi connectivity index (χ0n) is 20.5. The van der Waals surface area contributed by atoms with Gasteiger partial charge in [-0.2, -0.15) is 8.42 Å². The van der Waals surface area contributed by atoms with Crippen molar-refractivity contribution in [2.75, 3.05) is 19.5 Å². The molecule has 2 aliphatic carbocycles. The van der Waals surface area contributed by atoms with Crippen molar-refractivity contribution in [1.29, 1.82) is 0 Å². The first-order valence-corrected chi connectivity index (χ1v) is 14.2. The molecular formula is C25H50O4S. The lowest BCUT2D eigenvalue weighted by atomic mass is 9.89. The molecule has 2 aliphatic rings. The Morgan fingerprint density at radius 2 is 1.27 bits per heavy atom. The van der Waals surface area contributed by atoms with E-state index in [1.54, 1.807) is 0 Å². The summed E-state index contributed by atoms with van der Waals surface area (Å²) >= 11 is 0. The Balaban J connectivity index is 0.000000311. The molecule has 1 N–H and O–H groups in total. The molecule has 0 saturated heterocycles. The van der Waals surface area contributed by atoms with E-state index in [0.29, 0.717) is 24.0 Å². The van der Waals surface area contributed by atoms with Crippen LogP contribution in [0.2, 0.25) is 0 Å². The molecule has 0 spiro atoms. The number of aliphatic hydroxyl groups excluding tert-OH is 1. The van der Waals surface area contributed by atoms with E-state index in [-0.39, 0.29) is 0 Å². The van der Waals surface area contributed by atoms with E-state index in [2.05, 4.69) is 27.7 Å². The van der Waals surface area contributed by atoms with Crippen LogP contribution in [0.5, 0.6) is 0 Å². The summed E-state index contributed by atoms with van der Waals surface area (Å²) in [5.74, 6) is 1.87. The number of hydrogen-bond acceptors (Lipinski definition) is 4. The smallest absolute Gasteiger partial charge is 0.264 e. The van der Waals surface area contributed by atoms with Crippen LogP contribution in [0, 0.1) is 22.7 Å². The highest BCUT2D eigenvalue weighted by Crippen LogP contribution is 2.43. The van der Waals surface area contributed by atoms with E-state index in [0.717, 1.165) is 37.4 Å². The lowest BCUT2D eigenvalue weighted by molar-refractivity contribution is 0.279. The van der Waals surface area contributed by atoms with Crippen LogP contribution < -0.4 is 0 Å². The van der Waals surface area contributed by atoms with Crippen LogP contribution in [-0.2, 0) is 14.3 Å². The molecule has 0 bridgehead atoms. The minimum Gasteiger partial charge on any atom is -0.396 e. The minimum atomic E-state index is -3.24. The fraction of sp³-hybridized carbons (Fsp3) is 1.00. The van der Waals surface area contributed by atoms with Crippen LogP contribution >= 0.6 is 0 Å². The summed E-state index contributed by atoms with van der Waals surface area (Å²) in [6.45, 7) is 10.2. The SMILES string of the molecule is CC1(C)CCC(CCCCCO)C1.CC1(C)CCC(CCCCCOS(C)(=O)=O)C1. The Morgan fingerprint density at radius 1 is 0.800 bits per heavy atom. The van der Waals surface area contributed by atoms with Crippen LogP contribution in [0.1, 0.15) is 118 Å². The third-order valence-electron chi connectivity index (χ3n) is 6.97. The van der Waals surface area contributed by atoms with Gasteiger partial charge < -0.3 is 5.11 Å². The molecule has 180 valence electrons. The molecule has 2 atom stereocenters. The van der Waals surface area contributed by atoms with Crippen LogP contribution in [0.15, 0.2) is 0 Å². The molecule has 0 aliphatic heterocycles. The van der Waals surface area contributed by atoms with E-state index in [9.17, 15) is 8.42 Å². The molecule has 30 heavy (non-hydrogen) atoms. The lowest BCUT2D eigenvalue weighted by Gasteiger charge is -2.16. The summed E-state index contributed by atoms with van der Waals surface area (Å²) in [6.07, 6.45) is 18.8. The van der Waals surface area contributed by atoms with Crippen molar-refractivity contribution in [3.63, 3.8) is 0 Å². The third kappa shape index (κ3) is 14.0. The topological polar surface area (TPSA) is 63.6 Å². The monoisotopic (exact) mass is 446 g/mol. The minimum absolute atomic E-state index is 0.342. The van der Waals surface area contributed by atoms with E-state index >= 15 is 0 Å². The van der Waals surface area contributed by atoms with Gasteiger partial charge in [-0.1, -0.05) is 66.2 Å². The van der Waals surface area contributed by atoms with Crippen LogP contribution in [0.4, 0.5) is 0 Å². The highest BCUT2D eigenvalue weighted by atomic mass is 32.2. The standard InChI is InChI=1S/C13H26O3S.C12H24O/c1-13(2)9-8-12(11-13)7-5-4-6-10-16-17(3,14)15;1-12(2)8-7-11(10-12)6-4-3-5-9-13/h12H,4-11H2,1-3H3;11,13H,3-10H2,1-2H3. The van der Waals surface area contributed by atoms with Crippen LogP contribution in [0.3, 0.4) is 0 Å². The molecule has 5 heteroatoms. The van der Waals surface area contributed by atoms with E-state index in [1.807, 2.05) is 0 Å². The van der Waals surface area contributed by atoms with Crippen molar-refractivity contribution < 1.29 is 17.7 Å². The summed E-state index contributed by atoms with van der Waals surface area (Å²) < 4.78 is 26.2. The normalized spacial score (nSPS) is 25.1. The molecule has 2 unspecified atom stereocenters. The molecule has 0 amide bonds. The van der Waals surface area contributed by atoms with Gasteiger partial charge in [0.2, 0.25) is 0 Å². The van der Waals surface area contributed by atoms with Crippen LogP contribution in [0.25, 0.3) is 0 Å². The van der Waals surface area contributed by atoms with Crippen molar-refractivity contribution in [2.24, 2.45) is 22.7 Å². The first kappa shape index (κ1) is 27.9. The van der Waals surface area contributed by atoms with Gasteiger partial charge >= 0.3 is 0 Å². The molecule has 4 nitrogen and oxygen atoms in total. The molecule has 0 aromatic carbocycles. The largest absolute Gasteiger partial charge is 0.396 e. The maximum absolute atomic E-state index is 10.7. The summed E-state index contributed by atoms with van der Waals surface area (Å²) in [6, 6.07) is 0. The molecule has 2 rings (SSSR count). The first-order valence-electron chi connectivity index (χ1n) is 12.4. The molecule has 2 fully saturated rings. The van der Waals surface area contributed by atoms with E-state index in [1.165, 1.54) is 70.6 Å². The molecule has 0 aromatic rings. The highest BCUT2D eigenvalue weighted by molar-refractivity contribution is 7.85. The van der Waals surface area contributed by atoms with Crippen molar-refractivity contribution in [3.05, 3.63) is 0 Å². The van der Waals surface area contributed by atoms with Crippen molar-refractivity contribution in [2.45, 2.75) is 118 Å². The average molecular weight is 447 g/mol. The van der Waals surface area contributed by atoms with E-state index in [4.69, 9.17) is 9.29 Å². The maximum Gasteiger partial charge on any atom is 0.264 e. The summed E-state index contributed by atoms with van der Waals surface area (Å²) in [7, 11) is -3.24.